The summed E-state index contributed by atoms with van der Waals surface area (Å²) in [5.41, 5.74) is 5.51. The van der Waals surface area contributed by atoms with Gasteiger partial charge in [-0.05, 0) is 54.4 Å². The summed E-state index contributed by atoms with van der Waals surface area (Å²) >= 11 is 0. The number of nitrogens with one attached hydrogen (secondary N) is 2. The minimum absolute atomic E-state index is 0.106. The molecule has 0 radical (unpaired) electrons. The van der Waals surface area contributed by atoms with E-state index >= 15 is 0 Å². The van der Waals surface area contributed by atoms with Gasteiger partial charge in [-0.2, -0.15) is 0 Å². The number of aryl methyl sites for hydroxylation is 1. The summed E-state index contributed by atoms with van der Waals surface area (Å²) < 4.78 is 0. The zero-order chi connectivity index (χ0) is 27.0. The average Bonchev–Trinajstić information content (AvgIpc) is 2.97. The monoisotopic (exact) mass is 521 g/mol. The fraction of sp³-hybridized carbons (Fsp3) is 0.233. The van der Waals surface area contributed by atoms with Gasteiger partial charge in [0.25, 0.3) is 0 Å². The Morgan fingerprint density at radius 1 is 0.897 bits per heavy atom. The van der Waals surface area contributed by atoms with E-state index in [1.807, 2.05) is 65.7 Å². The lowest BCUT2D eigenvalue weighted by Gasteiger charge is -2.36. The fourth-order valence-electron chi connectivity index (χ4n) is 4.59. The van der Waals surface area contributed by atoms with Gasteiger partial charge in [-0.25, -0.2) is 9.97 Å². The predicted octanol–water partition coefficient (Wildman–Crippen LogP) is 4.52. The number of benzene rings is 2. The average molecular weight is 522 g/mol. The van der Waals surface area contributed by atoms with E-state index in [1.165, 1.54) is 6.92 Å². The number of nitrogens with zero attached hydrogens (tertiary/aromatic N) is 5. The molecule has 2 aromatic heterocycles. The van der Waals surface area contributed by atoms with Crippen molar-refractivity contribution < 1.29 is 9.59 Å². The van der Waals surface area contributed by atoms with Crippen LogP contribution in [0.25, 0.3) is 11.3 Å². The van der Waals surface area contributed by atoms with Gasteiger partial charge in [-0.3, -0.25) is 14.6 Å². The quantitative estimate of drug-likeness (QED) is 0.351. The Morgan fingerprint density at radius 3 is 2.46 bits per heavy atom. The standard InChI is InChI=1S/C30H31N7O2/c1-22(38)33-25-10-8-24(9-11-25)28-13-15-32-30(35-28)34-26-5-2-6-27(20-26)36-16-18-37(19-17-36)29(39)12-7-23-4-3-14-31-21-23/h2-6,8-11,13-15,20-21H,7,12,16-19H2,1H3,(H,33,38)(H,32,34,35). The van der Waals surface area contributed by atoms with Crippen molar-refractivity contribution in [2.24, 2.45) is 0 Å². The zero-order valence-corrected chi connectivity index (χ0v) is 21.9. The summed E-state index contributed by atoms with van der Waals surface area (Å²) in [6.07, 6.45) is 6.51. The van der Waals surface area contributed by atoms with Crippen molar-refractivity contribution >= 4 is 34.8 Å². The Bertz CT molecular complexity index is 1420. The third-order valence-electron chi connectivity index (χ3n) is 6.61. The zero-order valence-electron chi connectivity index (χ0n) is 21.9. The van der Waals surface area contributed by atoms with Crippen LogP contribution in [0.15, 0.2) is 85.3 Å². The van der Waals surface area contributed by atoms with Crippen LogP contribution in [0.1, 0.15) is 18.9 Å². The molecular weight excluding hydrogens is 490 g/mol. The summed E-state index contributed by atoms with van der Waals surface area (Å²) in [4.78, 5) is 41.4. The molecule has 0 aliphatic carbocycles. The van der Waals surface area contributed by atoms with Gasteiger partial charge >= 0.3 is 0 Å². The number of carbonyl (C=O) groups excluding carboxylic acids is 2. The molecule has 9 nitrogen and oxygen atoms in total. The first-order valence-corrected chi connectivity index (χ1v) is 13.0. The third-order valence-corrected chi connectivity index (χ3v) is 6.61. The SMILES string of the molecule is CC(=O)Nc1ccc(-c2ccnc(Nc3cccc(N4CCN(C(=O)CCc5cccnc5)CC4)c3)n2)cc1. The van der Waals surface area contributed by atoms with E-state index in [-0.39, 0.29) is 11.8 Å². The summed E-state index contributed by atoms with van der Waals surface area (Å²) in [5, 5.41) is 6.08. The second kappa shape index (κ2) is 12.2. The van der Waals surface area contributed by atoms with Gasteiger partial charge in [0.15, 0.2) is 0 Å². The Morgan fingerprint density at radius 2 is 1.72 bits per heavy atom. The molecule has 198 valence electrons. The molecule has 0 atom stereocenters. The van der Waals surface area contributed by atoms with Crippen LogP contribution in [-0.4, -0.2) is 57.8 Å². The molecule has 9 heteroatoms. The highest BCUT2D eigenvalue weighted by molar-refractivity contribution is 5.89. The van der Waals surface area contributed by atoms with Crippen LogP contribution in [-0.2, 0) is 16.0 Å². The first-order valence-electron chi connectivity index (χ1n) is 13.0. The molecule has 4 aromatic rings. The Labute approximate surface area is 227 Å². The Kier molecular flexibility index (Phi) is 8.06. The maximum Gasteiger partial charge on any atom is 0.227 e. The van der Waals surface area contributed by atoms with Crippen molar-refractivity contribution in [1.82, 2.24) is 19.9 Å². The highest BCUT2D eigenvalue weighted by Gasteiger charge is 2.21. The molecule has 1 saturated heterocycles. The molecule has 2 N–H and O–H groups in total. The van der Waals surface area contributed by atoms with Crippen LogP contribution in [0.2, 0.25) is 0 Å². The molecule has 1 aliphatic heterocycles. The minimum Gasteiger partial charge on any atom is -0.368 e. The van der Waals surface area contributed by atoms with Crippen molar-refractivity contribution in [2.45, 2.75) is 19.8 Å². The fourth-order valence-corrected chi connectivity index (χ4v) is 4.59. The van der Waals surface area contributed by atoms with Crippen LogP contribution in [0.3, 0.4) is 0 Å². The van der Waals surface area contributed by atoms with E-state index in [2.05, 4.69) is 42.6 Å². The first-order chi connectivity index (χ1) is 19.0. The molecule has 39 heavy (non-hydrogen) atoms. The largest absolute Gasteiger partial charge is 0.368 e. The summed E-state index contributed by atoms with van der Waals surface area (Å²) in [7, 11) is 0. The van der Waals surface area contributed by atoms with Gasteiger partial charge in [0.1, 0.15) is 0 Å². The highest BCUT2D eigenvalue weighted by atomic mass is 16.2. The van der Waals surface area contributed by atoms with Gasteiger partial charge < -0.3 is 20.4 Å². The number of pyridine rings is 1. The number of piperazine rings is 1. The molecule has 0 spiro atoms. The summed E-state index contributed by atoms with van der Waals surface area (Å²) in [5.74, 6) is 0.584. The number of rotatable bonds is 8. The number of carbonyl (C=O) groups is 2. The van der Waals surface area contributed by atoms with E-state index < -0.39 is 0 Å². The van der Waals surface area contributed by atoms with E-state index in [0.29, 0.717) is 31.9 Å². The van der Waals surface area contributed by atoms with Gasteiger partial charge in [0.2, 0.25) is 17.8 Å². The lowest BCUT2D eigenvalue weighted by atomic mass is 10.1. The van der Waals surface area contributed by atoms with Crippen LogP contribution >= 0.6 is 0 Å². The number of amides is 2. The number of aromatic nitrogens is 3. The molecule has 1 aliphatic rings. The van der Waals surface area contributed by atoms with E-state index in [9.17, 15) is 9.59 Å². The topological polar surface area (TPSA) is 103 Å². The van der Waals surface area contributed by atoms with Gasteiger partial charge in [-0.15, -0.1) is 0 Å². The number of hydrogen-bond donors (Lipinski definition) is 2. The lowest BCUT2D eigenvalue weighted by molar-refractivity contribution is -0.131. The lowest BCUT2D eigenvalue weighted by Crippen LogP contribution is -2.48. The minimum atomic E-state index is -0.106. The molecular formula is C30H31N7O2. The maximum absolute atomic E-state index is 12.7. The number of hydrogen-bond acceptors (Lipinski definition) is 7. The van der Waals surface area contributed by atoms with Crippen LogP contribution in [0.4, 0.5) is 23.0 Å². The maximum atomic E-state index is 12.7. The van der Waals surface area contributed by atoms with Crippen molar-refractivity contribution in [3.8, 4) is 11.3 Å². The molecule has 0 saturated carbocycles. The molecule has 2 amide bonds. The van der Waals surface area contributed by atoms with Crippen molar-refractivity contribution in [1.29, 1.82) is 0 Å². The van der Waals surface area contributed by atoms with Crippen LogP contribution < -0.4 is 15.5 Å². The summed E-state index contributed by atoms with van der Waals surface area (Å²) in [6, 6.07) is 21.5. The first kappa shape index (κ1) is 25.8. The predicted molar refractivity (Wildman–Crippen MR) is 153 cm³/mol. The van der Waals surface area contributed by atoms with E-state index in [4.69, 9.17) is 0 Å². The van der Waals surface area contributed by atoms with Crippen LogP contribution in [0, 0.1) is 0 Å². The molecule has 2 aromatic carbocycles. The van der Waals surface area contributed by atoms with Crippen molar-refractivity contribution in [3.63, 3.8) is 0 Å². The molecule has 3 heterocycles. The van der Waals surface area contributed by atoms with Crippen LogP contribution in [0.5, 0.6) is 0 Å². The third kappa shape index (κ3) is 6.95. The smallest absolute Gasteiger partial charge is 0.227 e. The second-order valence-corrected chi connectivity index (χ2v) is 9.43. The van der Waals surface area contributed by atoms with Gasteiger partial charge in [0, 0.05) is 80.7 Å². The Balaban J connectivity index is 1.17. The Hall–Kier alpha value is -4.79. The van der Waals surface area contributed by atoms with Crippen molar-refractivity contribution in [2.75, 3.05) is 41.7 Å². The second-order valence-electron chi connectivity index (χ2n) is 9.43. The highest BCUT2D eigenvalue weighted by Crippen LogP contribution is 2.25. The summed E-state index contributed by atoms with van der Waals surface area (Å²) in [6.45, 7) is 4.45. The van der Waals surface area contributed by atoms with Gasteiger partial charge in [-0.1, -0.05) is 24.3 Å². The molecule has 5 rings (SSSR count). The molecule has 1 fully saturated rings. The molecule has 0 unspecified atom stereocenters. The number of anilines is 4. The van der Waals surface area contributed by atoms with E-state index in [0.717, 1.165) is 47.0 Å². The molecule has 0 bridgehead atoms. The van der Waals surface area contributed by atoms with Crippen molar-refractivity contribution in [3.05, 3.63) is 90.9 Å². The van der Waals surface area contributed by atoms with Gasteiger partial charge in [0.05, 0.1) is 5.69 Å². The normalized spacial score (nSPS) is 13.2. The van der Waals surface area contributed by atoms with E-state index in [1.54, 1.807) is 12.4 Å².